The zero-order valence-electron chi connectivity index (χ0n) is 6.34. The second-order valence-corrected chi connectivity index (χ2v) is 2.51. The van der Waals surface area contributed by atoms with Crippen molar-refractivity contribution in [1.29, 1.82) is 0 Å². The zero-order valence-corrected chi connectivity index (χ0v) is 7.24. The number of rotatable bonds is 0. The monoisotopic (exact) mass is 181 g/mol. The number of hydrogen-bond acceptors (Lipinski definition) is 2. The van der Waals surface area contributed by atoms with E-state index in [1.54, 1.807) is 6.07 Å². The van der Waals surface area contributed by atoms with Gasteiger partial charge in [0.05, 0.1) is 11.4 Å². The SMILES string of the molecule is Nc1cc(F)ccc1C#CCS. The number of nitrogens with two attached hydrogens (primary N) is 1. The third-order valence-corrected chi connectivity index (χ3v) is 1.47. The van der Waals surface area contributed by atoms with Gasteiger partial charge in [-0.3, -0.25) is 0 Å². The van der Waals surface area contributed by atoms with Crippen molar-refractivity contribution in [2.75, 3.05) is 11.5 Å². The number of thiol groups is 1. The highest BCUT2D eigenvalue weighted by Gasteiger charge is 1.95. The summed E-state index contributed by atoms with van der Waals surface area (Å²) in [5, 5.41) is 0. The van der Waals surface area contributed by atoms with Gasteiger partial charge in [-0.05, 0) is 18.2 Å². The van der Waals surface area contributed by atoms with Gasteiger partial charge in [0.15, 0.2) is 0 Å². The average Bonchev–Trinajstić information content (AvgIpc) is 2.03. The molecule has 2 N–H and O–H groups in total. The molecule has 0 saturated heterocycles. The first kappa shape index (κ1) is 8.95. The van der Waals surface area contributed by atoms with Crippen LogP contribution in [-0.4, -0.2) is 5.75 Å². The predicted octanol–water partition coefficient (Wildman–Crippen LogP) is 1.69. The topological polar surface area (TPSA) is 26.0 Å². The summed E-state index contributed by atoms with van der Waals surface area (Å²) in [4.78, 5) is 0. The van der Waals surface area contributed by atoms with E-state index in [0.29, 0.717) is 17.0 Å². The number of anilines is 1. The van der Waals surface area contributed by atoms with E-state index in [1.807, 2.05) is 0 Å². The predicted molar refractivity (Wildman–Crippen MR) is 51.5 cm³/mol. The van der Waals surface area contributed by atoms with Gasteiger partial charge in [-0.15, -0.1) is 0 Å². The summed E-state index contributed by atoms with van der Waals surface area (Å²) in [7, 11) is 0. The molecule has 1 aromatic rings. The minimum atomic E-state index is -0.344. The van der Waals surface area contributed by atoms with Crippen LogP contribution >= 0.6 is 12.6 Å². The van der Waals surface area contributed by atoms with Crippen LogP contribution in [0.2, 0.25) is 0 Å². The summed E-state index contributed by atoms with van der Waals surface area (Å²) >= 11 is 3.92. The van der Waals surface area contributed by atoms with Crippen molar-refractivity contribution in [2.24, 2.45) is 0 Å². The van der Waals surface area contributed by atoms with Crippen LogP contribution in [-0.2, 0) is 0 Å². The summed E-state index contributed by atoms with van der Waals surface area (Å²) in [6, 6.07) is 4.14. The molecule has 0 aliphatic carbocycles. The lowest BCUT2D eigenvalue weighted by Crippen LogP contribution is -1.90. The highest BCUT2D eigenvalue weighted by atomic mass is 32.1. The lowest BCUT2D eigenvalue weighted by atomic mass is 10.2. The van der Waals surface area contributed by atoms with Gasteiger partial charge >= 0.3 is 0 Å². The summed E-state index contributed by atoms with van der Waals surface area (Å²) in [5.74, 6) is 5.63. The third-order valence-electron chi connectivity index (χ3n) is 1.32. The van der Waals surface area contributed by atoms with Gasteiger partial charge in [-0.2, -0.15) is 12.6 Å². The van der Waals surface area contributed by atoms with E-state index < -0.39 is 0 Å². The summed E-state index contributed by atoms with van der Waals surface area (Å²) in [6.45, 7) is 0. The number of halogens is 1. The molecule has 0 aliphatic rings. The fraction of sp³-hybridized carbons (Fsp3) is 0.111. The lowest BCUT2D eigenvalue weighted by molar-refractivity contribution is 0.628. The molecule has 3 heteroatoms. The van der Waals surface area contributed by atoms with E-state index in [9.17, 15) is 4.39 Å². The Morgan fingerprint density at radius 1 is 1.50 bits per heavy atom. The van der Waals surface area contributed by atoms with Crippen molar-refractivity contribution in [3.05, 3.63) is 29.6 Å². The quantitative estimate of drug-likeness (QED) is 0.355. The fourth-order valence-electron chi connectivity index (χ4n) is 0.782. The molecule has 0 amide bonds. The van der Waals surface area contributed by atoms with E-state index in [4.69, 9.17) is 5.73 Å². The standard InChI is InChI=1S/C9H8FNS/c10-8-4-3-7(2-1-5-12)9(11)6-8/h3-4,6,12H,5,11H2. The van der Waals surface area contributed by atoms with Crippen LogP contribution in [0.1, 0.15) is 5.56 Å². The van der Waals surface area contributed by atoms with E-state index in [1.165, 1.54) is 12.1 Å². The Balaban J connectivity index is 3.01. The highest BCUT2D eigenvalue weighted by molar-refractivity contribution is 7.80. The van der Waals surface area contributed by atoms with Crippen molar-refractivity contribution in [2.45, 2.75) is 0 Å². The van der Waals surface area contributed by atoms with Gasteiger partial charge < -0.3 is 5.73 Å². The average molecular weight is 181 g/mol. The van der Waals surface area contributed by atoms with Crippen molar-refractivity contribution < 1.29 is 4.39 Å². The molecule has 1 rings (SSSR count). The first-order chi connectivity index (χ1) is 5.74. The fourth-order valence-corrected chi connectivity index (χ4v) is 0.861. The Kier molecular flexibility index (Phi) is 3.01. The van der Waals surface area contributed by atoms with Crippen molar-refractivity contribution in [1.82, 2.24) is 0 Å². The molecule has 1 nitrogen and oxygen atoms in total. The van der Waals surface area contributed by atoms with E-state index in [0.717, 1.165) is 0 Å². The summed E-state index contributed by atoms with van der Waals surface area (Å²) in [5.41, 5.74) is 6.50. The molecule has 12 heavy (non-hydrogen) atoms. The minimum absolute atomic E-state index is 0.344. The normalized spacial score (nSPS) is 8.83. The van der Waals surface area contributed by atoms with Crippen molar-refractivity contribution >= 4 is 18.3 Å². The second kappa shape index (κ2) is 4.03. The maximum atomic E-state index is 12.5. The van der Waals surface area contributed by atoms with E-state index in [-0.39, 0.29) is 5.82 Å². The maximum absolute atomic E-state index is 12.5. The Morgan fingerprint density at radius 2 is 2.25 bits per heavy atom. The van der Waals surface area contributed by atoms with Gasteiger partial charge in [0.1, 0.15) is 5.82 Å². The van der Waals surface area contributed by atoms with Gasteiger partial charge in [0.25, 0.3) is 0 Å². The van der Waals surface area contributed by atoms with Crippen LogP contribution in [0.15, 0.2) is 18.2 Å². The smallest absolute Gasteiger partial charge is 0.125 e. The molecule has 0 fully saturated rings. The van der Waals surface area contributed by atoms with Crippen LogP contribution in [0.3, 0.4) is 0 Å². The molecule has 0 heterocycles. The first-order valence-electron chi connectivity index (χ1n) is 3.39. The number of hydrogen-bond donors (Lipinski definition) is 2. The third kappa shape index (κ3) is 2.18. The molecule has 0 unspecified atom stereocenters. The molecule has 0 aliphatic heterocycles. The largest absolute Gasteiger partial charge is 0.398 e. The molecule has 0 bridgehead atoms. The second-order valence-electron chi connectivity index (χ2n) is 2.19. The Labute approximate surface area is 76.2 Å². The van der Waals surface area contributed by atoms with Crippen LogP contribution in [0.5, 0.6) is 0 Å². The van der Waals surface area contributed by atoms with Crippen molar-refractivity contribution in [3.63, 3.8) is 0 Å². The van der Waals surface area contributed by atoms with Crippen LogP contribution in [0.25, 0.3) is 0 Å². The first-order valence-corrected chi connectivity index (χ1v) is 4.02. The molecule has 0 atom stereocenters. The number of benzene rings is 1. The Morgan fingerprint density at radius 3 is 2.83 bits per heavy atom. The van der Waals surface area contributed by atoms with Gasteiger partial charge in [-0.1, -0.05) is 11.8 Å². The molecule has 62 valence electrons. The van der Waals surface area contributed by atoms with E-state index in [2.05, 4.69) is 24.5 Å². The van der Waals surface area contributed by atoms with Gasteiger partial charge in [-0.25, -0.2) is 4.39 Å². The Hall–Kier alpha value is -1.14. The Bertz CT molecular complexity index is 338. The van der Waals surface area contributed by atoms with Crippen molar-refractivity contribution in [3.8, 4) is 11.8 Å². The van der Waals surface area contributed by atoms with Gasteiger partial charge in [0.2, 0.25) is 0 Å². The number of nitrogen functional groups attached to an aromatic ring is 1. The molecular weight excluding hydrogens is 173 g/mol. The van der Waals surface area contributed by atoms with E-state index >= 15 is 0 Å². The molecule has 0 spiro atoms. The minimum Gasteiger partial charge on any atom is -0.398 e. The zero-order chi connectivity index (χ0) is 8.97. The summed E-state index contributed by atoms with van der Waals surface area (Å²) < 4.78 is 12.5. The maximum Gasteiger partial charge on any atom is 0.125 e. The van der Waals surface area contributed by atoms with Crippen LogP contribution in [0, 0.1) is 17.7 Å². The summed E-state index contributed by atoms with van der Waals surface area (Å²) in [6.07, 6.45) is 0. The molecule has 1 aromatic carbocycles. The molecular formula is C9H8FNS. The molecule has 0 radical (unpaired) electrons. The van der Waals surface area contributed by atoms with Crippen LogP contribution < -0.4 is 5.73 Å². The molecule has 0 saturated carbocycles. The lowest BCUT2D eigenvalue weighted by Gasteiger charge is -1.96. The van der Waals surface area contributed by atoms with Gasteiger partial charge in [0, 0.05) is 5.56 Å². The van der Waals surface area contributed by atoms with Crippen LogP contribution in [0.4, 0.5) is 10.1 Å². The highest BCUT2D eigenvalue weighted by Crippen LogP contribution is 2.11. The molecule has 0 aromatic heterocycles.